The highest BCUT2D eigenvalue weighted by Gasteiger charge is 1.90. The summed E-state index contributed by atoms with van der Waals surface area (Å²) in [5, 5.41) is 0. The van der Waals surface area contributed by atoms with Crippen LogP contribution in [0.4, 0.5) is 4.39 Å². The summed E-state index contributed by atoms with van der Waals surface area (Å²) in [5.41, 5.74) is 0. The molecule has 0 aromatic heterocycles. The second-order valence-corrected chi connectivity index (χ2v) is 2.40. The van der Waals surface area contributed by atoms with E-state index in [9.17, 15) is 14.2 Å². The van der Waals surface area contributed by atoms with E-state index in [1.54, 1.807) is 0 Å². The molecule has 0 saturated carbocycles. The summed E-state index contributed by atoms with van der Waals surface area (Å²) in [6.07, 6.45) is 0. The predicted molar refractivity (Wildman–Crippen MR) is 33.9 cm³/mol. The molecule has 0 N–H and O–H groups in total. The minimum Gasteiger partial charge on any atom is -0.810 e. The van der Waals surface area contributed by atoms with Gasteiger partial charge in [0.2, 0.25) is 0 Å². The molecule has 0 saturated heterocycles. The van der Waals surface area contributed by atoms with E-state index in [0.29, 0.717) is 0 Å². The van der Waals surface area contributed by atoms with Crippen LogP contribution in [0.1, 0.15) is 0 Å². The van der Waals surface area contributed by atoms with E-state index >= 15 is 0 Å². The van der Waals surface area contributed by atoms with Gasteiger partial charge in [-0.2, -0.15) is 0 Å². The Morgan fingerprint density at radius 2 is 1.73 bits per heavy atom. The quantitative estimate of drug-likeness (QED) is 0.599. The highest BCUT2D eigenvalue weighted by atomic mass is 31.2. The van der Waals surface area contributed by atoms with E-state index in [-0.39, 0.29) is 5.75 Å². The third-order valence-corrected chi connectivity index (χ3v) is 1.35. The summed E-state index contributed by atoms with van der Waals surface area (Å²) in [7, 11) is -2.91. The minimum absolute atomic E-state index is 0.113. The Morgan fingerprint density at radius 3 is 2.18 bits per heavy atom. The molecule has 0 spiro atoms. The Kier molecular flexibility index (Phi) is 2.76. The fraction of sp³-hybridized carbons (Fsp3) is 0. The molecule has 1 aromatic rings. The van der Waals surface area contributed by atoms with Gasteiger partial charge in [0.15, 0.2) is 0 Å². The van der Waals surface area contributed by atoms with Crippen molar-refractivity contribution in [3.05, 3.63) is 30.1 Å². The van der Waals surface area contributed by atoms with Crippen molar-refractivity contribution in [3.8, 4) is 5.75 Å². The fourth-order valence-corrected chi connectivity index (χ4v) is 0.875. The van der Waals surface area contributed by atoms with Crippen LogP contribution in [0.2, 0.25) is 0 Å². The number of hydrogen-bond acceptors (Lipinski definition) is 3. The molecule has 0 bridgehead atoms. The Morgan fingerprint density at radius 1 is 1.18 bits per heavy atom. The average molecular weight is 174 g/mol. The van der Waals surface area contributed by atoms with Gasteiger partial charge < -0.3 is 14.3 Å². The molecule has 0 unspecified atom stereocenters. The van der Waals surface area contributed by atoms with Crippen molar-refractivity contribution in [2.45, 2.75) is 0 Å². The second kappa shape index (κ2) is 3.62. The van der Waals surface area contributed by atoms with Crippen LogP contribution in [0.25, 0.3) is 0 Å². The van der Waals surface area contributed by atoms with Crippen LogP contribution in [0, 0.1) is 5.82 Å². The zero-order valence-corrected chi connectivity index (χ0v) is 6.25. The van der Waals surface area contributed by atoms with Gasteiger partial charge in [-0.05, 0) is 24.3 Å². The standard InChI is InChI=1S/C6H4FO3P/c7-5-1-3-6(4-2-5)10-11(8)9/h1-4H/q-2. The zero-order valence-electron chi connectivity index (χ0n) is 5.36. The van der Waals surface area contributed by atoms with Crippen molar-refractivity contribution in [3.63, 3.8) is 0 Å². The van der Waals surface area contributed by atoms with Gasteiger partial charge >= 0.3 is 0 Å². The van der Waals surface area contributed by atoms with E-state index in [4.69, 9.17) is 0 Å². The first-order chi connectivity index (χ1) is 5.18. The molecule has 0 aliphatic heterocycles. The zero-order chi connectivity index (χ0) is 8.27. The molecule has 60 valence electrons. The normalized spacial score (nSPS) is 10.2. The summed E-state index contributed by atoms with van der Waals surface area (Å²) in [6.45, 7) is 0. The lowest BCUT2D eigenvalue weighted by Gasteiger charge is -2.29. The molecular weight excluding hydrogens is 170 g/mol. The van der Waals surface area contributed by atoms with E-state index in [1.807, 2.05) is 0 Å². The van der Waals surface area contributed by atoms with Crippen LogP contribution in [-0.2, 0) is 0 Å². The smallest absolute Gasteiger partial charge is 0.123 e. The van der Waals surface area contributed by atoms with Crippen molar-refractivity contribution in [1.82, 2.24) is 0 Å². The van der Waals surface area contributed by atoms with Gasteiger partial charge in [0, 0.05) is 0 Å². The maximum Gasteiger partial charge on any atom is 0.123 e. The number of benzene rings is 1. The monoisotopic (exact) mass is 174 g/mol. The van der Waals surface area contributed by atoms with Crippen molar-refractivity contribution in [2.24, 2.45) is 0 Å². The molecule has 0 atom stereocenters. The van der Waals surface area contributed by atoms with Crippen LogP contribution in [-0.4, -0.2) is 0 Å². The van der Waals surface area contributed by atoms with Crippen molar-refractivity contribution >= 4 is 8.60 Å². The molecule has 0 amide bonds. The SMILES string of the molecule is [O-]P([O-])Oc1ccc(F)cc1. The molecule has 3 nitrogen and oxygen atoms in total. The van der Waals surface area contributed by atoms with Gasteiger partial charge in [-0.1, -0.05) is 8.60 Å². The summed E-state index contributed by atoms with van der Waals surface area (Å²) in [5.74, 6) is -0.319. The highest BCUT2D eigenvalue weighted by molar-refractivity contribution is 7.36. The lowest BCUT2D eigenvalue weighted by atomic mass is 10.3. The molecule has 1 rings (SSSR count). The highest BCUT2D eigenvalue weighted by Crippen LogP contribution is 2.21. The number of rotatable bonds is 2. The summed E-state index contributed by atoms with van der Waals surface area (Å²) in [4.78, 5) is 19.9. The van der Waals surface area contributed by atoms with Crippen molar-refractivity contribution in [1.29, 1.82) is 0 Å². The van der Waals surface area contributed by atoms with Crippen LogP contribution >= 0.6 is 8.60 Å². The second-order valence-electron chi connectivity index (χ2n) is 1.77. The van der Waals surface area contributed by atoms with E-state index in [1.165, 1.54) is 12.1 Å². The van der Waals surface area contributed by atoms with Gasteiger partial charge in [0.25, 0.3) is 0 Å². The van der Waals surface area contributed by atoms with E-state index < -0.39 is 14.4 Å². The van der Waals surface area contributed by atoms with Gasteiger partial charge in [0.1, 0.15) is 11.6 Å². The first kappa shape index (κ1) is 8.40. The van der Waals surface area contributed by atoms with Crippen LogP contribution in [0.15, 0.2) is 24.3 Å². The van der Waals surface area contributed by atoms with Gasteiger partial charge in [-0.3, -0.25) is 0 Å². The maximum atomic E-state index is 12.2. The Balaban J connectivity index is 2.66. The third kappa shape index (κ3) is 2.80. The molecule has 1 aromatic carbocycles. The van der Waals surface area contributed by atoms with E-state index in [2.05, 4.69) is 4.52 Å². The average Bonchev–Trinajstić information content (AvgIpc) is 1.93. The largest absolute Gasteiger partial charge is 0.810 e. The fourth-order valence-electron chi connectivity index (χ4n) is 0.582. The van der Waals surface area contributed by atoms with Gasteiger partial charge in [-0.25, -0.2) is 4.39 Å². The van der Waals surface area contributed by atoms with Gasteiger partial charge in [-0.15, -0.1) is 0 Å². The maximum absolute atomic E-state index is 12.2. The van der Waals surface area contributed by atoms with Crippen LogP contribution in [0.3, 0.4) is 0 Å². The molecule has 0 heterocycles. The van der Waals surface area contributed by atoms with Crippen LogP contribution in [0.5, 0.6) is 5.75 Å². The molecular formula is C6H4FO3P-2. The Labute approximate surface area is 64.1 Å². The van der Waals surface area contributed by atoms with E-state index in [0.717, 1.165) is 12.1 Å². The summed E-state index contributed by atoms with van der Waals surface area (Å²) in [6, 6.07) is 4.71. The number of halogens is 1. The lowest BCUT2D eigenvalue weighted by molar-refractivity contribution is -0.310. The molecule has 11 heavy (non-hydrogen) atoms. The third-order valence-electron chi connectivity index (χ3n) is 0.994. The summed E-state index contributed by atoms with van der Waals surface area (Å²) < 4.78 is 16.5. The molecule has 5 heteroatoms. The van der Waals surface area contributed by atoms with Crippen LogP contribution < -0.4 is 14.3 Å². The Bertz CT molecular complexity index is 224. The van der Waals surface area contributed by atoms with Crippen molar-refractivity contribution < 1.29 is 18.7 Å². The minimum atomic E-state index is -2.91. The van der Waals surface area contributed by atoms with Crippen molar-refractivity contribution in [2.75, 3.05) is 0 Å². The predicted octanol–water partition coefficient (Wildman–Crippen LogP) is 0.152. The molecule has 0 radical (unpaired) electrons. The summed E-state index contributed by atoms with van der Waals surface area (Å²) >= 11 is 0. The number of hydrogen-bond donors (Lipinski definition) is 0. The topological polar surface area (TPSA) is 55.3 Å². The first-order valence-corrected chi connectivity index (χ1v) is 3.86. The lowest BCUT2D eigenvalue weighted by Crippen LogP contribution is -2.12. The molecule has 0 aliphatic rings. The Hall–Kier alpha value is -0.700. The molecule has 0 aliphatic carbocycles. The molecule has 0 fully saturated rings. The first-order valence-electron chi connectivity index (χ1n) is 2.76. The van der Waals surface area contributed by atoms with Gasteiger partial charge in [0.05, 0.1) is 0 Å².